The average molecular weight is 361 g/mol. The molecule has 8 nitrogen and oxygen atoms in total. The second-order valence-corrected chi connectivity index (χ2v) is 6.97. The lowest BCUT2D eigenvalue weighted by molar-refractivity contribution is -0.117. The number of anilines is 2. The first kappa shape index (κ1) is 17.4. The lowest BCUT2D eigenvalue weighted by Gasteiger charge is -2.04. The quantitative estimate of drug-likeness (QED) is 0.549. The zero-order valence-corrected chi connectivity index (χ0v) is 14.6. The monoisotopic (exact) mass is 361 g/mol. The van der Waals surface area contributed by atoms with Gasteiger partial charge in [0.25, 0.3) is 0 Å². The molecule has 0 aromatic carbocycles. The van der Waals surface area contributed by atoms with Crippen LogP contribution in [0.1, 0.15) is 31.4 Å². The van der Waals surface area contributed by atoms with E-state index in [1.54, 1.807) is 19.1 Å². The summed E-state index contributed by atoms with van der Waals surface area (Å²) in [7, 11) is 0. The third kappa shape index (κ3) is 5.56. The van der Waals surface area contributed by atoms with E-state index < -0.39 is 0 Å². The second-order valence-electron chi connectivity index (χ2n) is 5.85. The molecule has 2 aromatic rings. The maximum absolute atomic E-state index is 11.8. The number of aromatic nitrogens is 3. The van der Waals surface area contributed by atoms with Crippen molar-refractivity contribution in [2.24, 2.45) is 5.92 Å². The maximum atomic E-state index is 11.8. The van der Waals surface area contributed by atoms with E-state index in [0.29, 0.717) is 24.5 Å². The largest absolute Gasteiger partial charge is 0.338 e. The molecule has 2 heterocycles. The van der Waals surface area contributed by atoms with Gasteiger partial charge >= 0.3 is 0 Å². The lowest BCUT2D eigenvalue weighted by atomic mass is 10.3. The molecule has 9 heteroatoms. The van der Waals surface area contributed by atoms with Gasteiger partial charge in [-0.1, -0.05) is 5.16 Å². The van der Waals surface area contributed by atoms with Crippen molar-refractivity contribution in [3.8, 4) is 0 Å². The van der Waals surface area contributed by atoms with Gasteiger partial charge in [0.15, 0.2) is 5.82 Å². The fourth-order valence-electron chi connectivity index (χ4n) is 2.07. The van der Waals surface area contributed by atoms with E-state index in [1.807, 2.05) is 6.07 Å². The van der Waals surface area contributed by atoms with Gasteiger partial charge in [0.1, 0.15) is 5.03 Å². The molecule has 2 aromatic heterocycles. The highest BCUT2D eigenvalue weighted by atomic mass is 32.2. The number of hydrogen-bond donors (Lipinski definition) is 2. The van der Waals surface area contributed by atoms with Gasteiger partial charge in [0.05, 0.1) is 5.69 Å². The molecular formula is C16H19N5O3S. The Bertz CT molecular complexity index is 742. The van der Waals surface area contributed by atoms with Crippen LogP contribution in [0.5, 0.6) is 0 Å². The molecule has 1 aliphatic carbocycles. The van der Waals surface area contributed by atoms with Crippen LogP contribution in [0.25, 0.3) is 0 Å². The number of thioether (sulfide) groups is 1. The Morgan fingerprint density at radius 2 is 2.12 bits per heavy atom. The van der Waals surface area contributed by atoms with Gasteiger partial charge in [0, 0.05) is 24.2 Å². The molecule has 1 saturated carbocycles. The van der Waals surface area contributed by atoms with Crippen molar-refractivity contribution in [3.05, 3.63) is 23.9 Å². The summed E-state index contributed by atoms with van der Waals surface area (Å²) < 4.78 is 4.93. The van der Waals surface area contributed by atoms with E-state index in [-0.39, 0.29) is 17.7 Å². The first-order valence-corrected chi connectivity index (χ1v) is 9.09. The van der Waals surface area contributed by atoms with Gasteiger partial charge in [0.2, 0.25) is 17.7 Å². The predicted octanol–water partition coefficient (Wildman–Crippen LogP) is 2.63. The molecule has 0 unspecified atom stereocenters. The summed E-state index contributed by atoms with van der Waals surface area (Å²) in [5.74, 6) is 1.63. The molecule has 0 radical (unpaired) electrons. The van der Waals surface area contributed by atoms with Crippen LogP contribution in [0.15, 0.2) is 27.7 Å². The predicted molar refractivity (Wildman–Crippen MR) is 93.2 cm³/mol. The van der Waals surface area contributed by atoms with Crippen molar-refractivity contribution in [2.45, 2.75) is 37.6 Å². The van der Waals surface area contributed by atoms with Crippen molar-refractivity contribution in [3.63, 3.8) is 0 Å². The molecule has 25 heavy (non-hydrogen) atoms. The highest BCUT2D eigenvalue weighted by Crippen LogP contribution is 2.30. The summed E-state index contributed by atoms with van der Waals surface area (Å²) in [6.07, 6.45) is 2.99. The molecule has 0 bridgehead atoms. The van der Waals surface area contributed by atoms with Gasteiger partial charge in [-0.2, -0.15) is 0 Å². The van der Waals surface area contributed by atoms with Gasteiger partial charge in [-0.25, -0.2) is 0 Å². The Morgan fingerprint density at radius 3 is 2.76 bits per heavy atom. The van der Waals surface area contributed by atoms with Crippen molar-refractivity contribution in [1.29, 1.82) is 0 Å². The first-order valence-electron chi connectivity index (χ1n) is 8.11. The molecular weight excluding hydrogens is 342 g/mol. The molecule has 132 valence electrons. The van der Waals surface area contributed by atoms with Crippen molar-refractivity contribution >= 4 is 35.3 Å². The SMILES string of the molecule is Cc1cc(NC(=O)CCCSc2ccc(NC(=O)C3CC3)nn2)on1. The van der Waals surface area contributed by atoms with Crippen LogP contribution in [0, 0.1) is 12.8 Å². The summed E-state index contributed by atoms with van der Waals surface area (Å²) in [4.78, 5) is 23.4. The number of amides is 2. The van der Waals surface area contributed by atoms with Crippen LogP contribution < -0.4 is 10.6 Å². The zero-order valence-electron chi connectivity index (χ0n) is 13.8. The number of rotatable bonds is 8. The normalized spacial score (nSPS) is 13.5. The van der Waals surface area contributed by atoms with Gasteiger partial charge < -0.3 is 9.84 Å². The van der Waals surface area contributed by atoms with Crippen LogP contribution >= 0.6 is 11.8 Å². The third-order valence-corrected chi connectivity index (χ3v) is 4.53. The molecule has 0 spiro atoms. The van der Waals surface area contributed by atoms with Gasteiger partial charge in [-0.3, -0.25) is 14.9 Å². The minimum absolute atomic E-state index is 0.0164. The summed E-state index contributed by atoms with van der Waals surface area (Å²) in [6, 6.07) is 5.23. The van der Waals surface area contributed by atoms with Crippen LogP contribution in [0.4, 0.5) is 11.7 Å². The summed E-state index contributed by atoms with van der Waals surface area (Å²) in [6.45, 7) is 1.79. The smallest absolute Gasteiger partial charge is 0.231 e. The van der Waals surface area contributed by atoms with Crippen LogP contribution in [-0.2, 0) is 9.59 Å². The van der Waals surface area contributed by atoms with E-state index in [2.05, 4.69) is 26.0 Å². The summed E-state index contributed by atoms with van der Waals surface area (Å²) in [5, 5.41) is 17.9. The fourth-order valence-corrected chi connectivity index (χ4v) is 2.83. The van der Waals surface area contributed by atoms with E-state index in [4.69, 9.17) is 4.52 Å². The number of nitrogens with zero attached hydrogens (tertiary/aromatic N) is 3. The Morgan fingerprint density at radius 1 is 1.28 bits per heavy atom. The number of hydrogen-bond acceptors (Lipinski definition) is 7. The standard InChI is InChI=1S/C16H19N5O3S/c1-10-9-14(24-21-10)18-13(22)3-2-8-25-15-7-6-12(19-20-15)17-16(23)11-4-5-11/h6-7,9,11H,2-5,8H2,1H3,(H,18,22)(H,17,19,23). The summed E-state index contributed by atoms with van der Waals surface area (Å²) >= 11 is 1.52. The number of carbonyl (C=O) groups is 2. The molecule has 0 atom stereocenters. The van der Waals surface area contributed by atoms with E-state index >= 15 is 0 Å². The van der Waals surface area contributed by atoms with Gasteiger partial charge in [-0.15, -0.1) is 22.0 Å². The first-order chi connectivity index (χ1) is 12.1. The molecule has 0 aliphatic heterocycles. The number of aryl methyl sites for hydroxylation is 1. The Kier molecular flexibility index (Phi) is 5.64. The number of nitrogens with one attached hydrogen (secondary N) is 2. The minimum atomic E-state index is -0.110. The number of carbonyl (C=O) groups excluding carboxylic acids is 2. The molecule has 1 aliphatic rings. The molecule has 2 N–H and O–H groups in total. The highest BCUT2D eigenvalue weighted by Gasteiger charge is 2.29. The van der Waals surface area contributed by atoms with E-state index in [9.17, 15) is 9.59 Å². The maximum Gasteiger partial charge on any atom is 0.231 e. The molecule has 2 amide bonds. The van der Waals surface area contributed by atoms with Crippen LogP contribution in [0.3, 0.4) is 0 Å². The van der Waals surface area contributed by atoms with Gasteiger partial charge in [-0.05, 0) is 38.3 Å². The van der Waals surface area contributed by atoms with E-state index in [1.165, 1.54) is 11.8 Å². The Labute approximate surface area is 149 Å². The Hall–Kier alpha value is -2.42. The van der Waals surface area contributed by atoms with Crippen molar-refractivity contribution < 1.29 is 14.1 Å². The van der Waals surface area contributed by atoms with Crippen molar-refractivity contribution in [1.82, 2.24) is 15.4 Å². The van der Waals surface area contributed by atoms with Crippen molar-refractivity contribution in [2.75, 3.05) is 16.4 Å². The highest BCUT2D eigenvalue weighted by molar-refractivity contribution is 7.99. The molecule has 3 rings (SSSR count). The Balaban J connectivity index is 1.34. The lowest BCUT2D eigenvalue weighted by Crippen LogP contribution is -2.14. The average Bonchev–Trinajstić information content (AvgIpc) is 3.37. The molecule has 1 fully saturated rings. The van der Waals surface area contributed by atoms with Crippen LogP contribution in [0.2, 0.25) is 0 Å². The minimum Gasteiger partial charge on any atom is -0.338 e. The third-order valence-electron chi connectivity index (χ3n) is 3.53. The zero-order chi connectivity index (χ0) is 17.6. The van der Waals surface area contributed by atoms with Crippen LogP contribution in [-0.4, -0.2) is 32.9 Å². The fraction of sp³-hybridized carbons (Fsp3) is 0.438. The topological polar surface area (TPSA) is 110 Å². The summed E-state index contributed by atoms with van der Waals surface area (Å²) in [5.41, 5.74) is 0.723. The second kappa shape index (κ2) is 8.11. The molecule has 0 saturated heterocycles. The van der Waals surface area contributed by atoms with E-state index in [0.717, 1.165) is 29.3 Å².